The summed E-state index contributed by atoms with van der Waals surface area (Å²) in [4.78, 5) is 47.4. The van der Waals surface area contributed by atoms with E-state index in [1.165, 1.54) is 0 Å². The van der Waals surface area contributed by atoms with E-state index in [4.69, 9.17) is 4.98 Å². The van der Waals surface area contributed by atoms with E-state index in [9.17, 15) is 9.59 Å². The van der Waals surface area contributed by atoms with E-state index in [1.807, 2.05) is 19.1 Å². The van der Waals surface area contributed by atoms with E-state index in [1.54, 1.807) is 49.1 Å². The number of hydrogen-bond donors (Lipinski definition) is 2. The first kappa shape index (κ1) is 25.1. The maximum absolute atomic E-state index is 13.0. The van der Waals surface area contributed by atoms with Crippen molar-refractivity contribution in [3.8, 4) is 22.6 Å². The minimum atomic E-state index is -0.240. The summed E-state index contributed by atoms with van der Waals surface area (Å²) in [5, 5.41) is 5.80. The quantitative estimate of drug-likeness (QED) is 0.368. The standard InChI is InChI=1S/C29H29N7O2/c1-17-22(15-21(16-33-17)34-28(38)20-8-10-30-24(13-20)29(2,3)4)23-9-12-32-26(35-23)19-7-11-31-25(14-19)36-27(37)18-5-6-18/h7-16,18H,5-6H2,1-4H3,(H,34,38)(H,31,36,37). The summed E-state index contributed by atoms with van der Waals surface area (Å²) < 4.78 is 0. The van der Waals surface area contributed by atoms with Crippen molar-refractivity contribution in [1.29, 1.82) is 0 Å². The molecule has 9 nitrogen and oxygen atoms in total. The first-order valence-electron chi connectivity index (χ1n) is 12.5. The van der Waals surface area contributed by atoms with E-state index < -0.39 is 0 Å². The van der Waals surface area contributed by atoms with E-state index >= 15 is 0 Å². The number of hydrogen-bond acceptors (Lipinski definition) is 7. The van der Waals surface area contributed by atoms with Crippen LogP contribution in [-0.2, 0) is 10.2 Å². The van der Waals surface area contributed by atoms with Crippen LogP contribution in [0, 0.1) is 12.8 Å². The van der Waals surface area contributed by atoms with Gasteiger partial charge in [-0.15, -0.1) is 0 Å². The van der Waals surface area contributed by atoms with Gasteiger partial charge in [0.05, 0.1) is 17.6 Å². The molecule has 1 aliphatic rings. The molecule has 5 rings (SSSR count). The third-order valence-corrected chi connectivity index (χ3v) is 6.28. The SMILES string of the molecule is Cc1ncc(NC(=O)c2ccnc(C(C)(C)C)c2)cc1-c1ccnc(-c2ccnc(NC(=O)C3CC3)c2)n1. The fourth-order valence-corrected chi connectivity index (χ4v) is 3.91. The molecular weight excluding hydrogens is 478 g/mol. The zero-order valence-electron chi connectivity index (χ0n) is 21.8. The zero-order valence-corrected chi connectivity index (χ0v) is 21.8. The van der Waals surface area contributed by atoms with Crippen LogP contribution in [0.3, 0.4) is 0 Å². The molecule has 192 valence electrons. The molecule has 2 N–H and O–H groups in total. The molecule has 0 atom stereocenters. The van der Waals surface area contributed by atoms with Gasteiger partial charge in [-0.3, -0.25) is 19.6 Å². The highest BCUT2D eigenvalue weighted by Gasteiger charge is 2.29. The smallest absolute Gasteiger partial charge is 0.255 e. The normalized spacial score (nSPS) is 13.2. The maximum Gasteiger partial charge on any atom is 0.255 e. The lowest BCUT2D eigenvalue weighted by Crippen LogP contribution is -2.17. The largest absolute Gasteiger partial charge is 0.321 e. The van der Waals surface area contributed by atoms with Crippen LogP contribution in [0.1, 0.15) is 55.4 Å². The lowest BCUT2D eigenvalue weighted by molar-refractivity contribution is -0.117. The van der Waals surface area contributed by atoms with Crippen LogP contribution in [-0.4, -0.2) is 36.7 Å². The molecule has 38 heavy (non-hydrogen) atoms. The Labute approximate surface area is 221 Å². The van der Waals surface area contributed by atoms with E-state index in [2.05, 4.69) is 51.3 Å². The van der Waals surface area contributed by atoms with Gasteiger partial charge >= 0.3 is 0 Å². The minimum Gasteiger partial charge on any atom is -0.321 e. The van der Waals surface area contributed by atoms with Crippen LogP contribution in [0.5, 0.6) is 0 Å². The van der Waals surface area contributed by atoms with Crippen LogP contribution in [0.2, 0.25) is 0 Å². The molecule has 4 heterocycles. The van der Waals surface area contributed by atoms with Crippen LogP contribution < -0.4 is 10.6 Å². The molecule has 0 bridgehead atoms. The summed E-state index contributed by atoms with van der Waals surface area (Å²) in [7, 11) is 0. The Morgan fingerprint density at radius 1 is 0.895 bits per heavy atom. The summed E-state index contributed by atoms with van der Waals surface area (Å²) in [5.41, 5.74) is 4.68. The number of aryl methyl sites for hydroxylation is 1. The monoisotopic (exact) mass is 507 g/mol. The van der Waals surface area contributed by atoms with Crippen molar-refractivity contribution in [2.75, 3.05) is 10.6 Å². The lowest BCUT2D eigenvalue weighted by atomic mass is 9.91. The summed E-state index contributed by atoms with van der Waals surface area (Å²) in [6.07, 6.45) is 8.42. The number of carbonyl (C=O) groups is 2. The van der Waals surface area contributed by atoms with Crippen molar-refractivity contribution < 1.29 is 9.59 Å². The van der Waals surface area contributed by atoms with Crippen molar-refractivity contribution in [3.05, 3.63) is 78.1 Å². The predicted molar refractivity (Wildman–Crippen MR) is 145 cm³/mol. The molecule has 0 aromatic carbocycles. The van der Waals surface area contributed by atoms with Crippen molar-refractivity contribution in [2.24, 2.45) is 5.92 Å². The number of aromatic nitrogens is 5. The Bertz CT molecular complexity index is 1520. The Morgan fingerprint density at radius 3 is 2.42 bits per heavy atom. The van der Waals surface area contributed by atoms with Crippen molar-refractivity contribution >= 4 is 23.3 Å². The molecule has 4 aromatic heterocycles. The molecule has 1 saturated carbocycles. The fraction of sp³-hybridized carbons (Fsp3) is 0.276. The van der Waals surface area contributed by atoms with Gasteiger partial charge in [0, 0.05) is 58.0 Å². The van der Waals surface area contributed by atoms with Gasteiger partial charge in [0.15, 0.2) is 5.82 Å². The first-order valence-corrected chi connectivity index (χ1v) is 12.5. The van der Waals surface area contributed by atoms with Crippen molar-refractivity contribution in [1.82, 2.24) is 24.9 Å². The summed E-state index contributed by atoms with van der Waals surface area (Å²) in [5.74, 6) is 0.804. The van der Waals surface area contributed by atoms with E-state index in [0.717, 1.165) is 35.4 Å². The number of carbonyl (C=O) groups excluding carboxylic acids is 2. The van der Waals surface area contributed by atoms with Gasteiger partial charge in [0.25, 0.3) is 5.91 Å². The number of amides is 2. The van der Waals surface area contributed by atoms with Crippen LogP contribution in [0.15, 0.2) is 61.2 Å². The van der Waals surface area contributed by atoms with E-state index in [-0.39, 0.29) is 23.1 Å². The number of rotatable bonds is 6. The third-order valence-electron chi connectivity index (χ3n) is 6.28. The summed E-state index contributed by atoms with van der Waals surface area (Å²) in [6.45, 7) is 8.06. The van der Waals surface area contributed by atoms with Crippen molar-refractivity contribution in [2.45, 2.75) is 46.0 Å². The second-order valence-corrected chi connectivity index (χ2v) is 10.4. The van der Waals surface area contributed by atoms with Gasteiger partial charge in [0.2, 0.25) is 5.91 Å². The second kappa shape index (κ2) is 10.1. The zero-order chi connectivity index (χ0) is 26.9. The fourth-order valence-electron chi connectivity index (χ4n) is 3.91. The highest BCUT2D eigenvalue weighted by molar-refractivity contribution is 6.04. The average molecular weight is 508 g/mol. The van der Waals surface area contributed by atoms with Gasteiger partial charge < -0.3 is 10.6 Å². The number of pyridine rings is 3. The lowest BCUT2D eigenvalue weighted by Gasteiger charge is -2.18. The number of nitrogens with zero attached hydrogens (tertiary/aromatic N) is 5. The molecule has 4 aromatic rings. The molecular formula is C29H29N7O2. The Kier molecular flexibility index (Phi) is 6.67. The van der Waals surface area contributed by atoms with E-state index in [0.29, 0.717) is 28.6 Å². The average Bonchev–Trinajstić information content (AvgIpc) is 3.75. The van der Waals surface area contributed by atoms with Crippen LogP contribution in [0.25, 0.3) is 22.6 Å². The topological polar surface area (TPSA) is 123 Å². The Hall–Kier alpha value is -4.53. The molecule has 1 aliphatic carbocycles. The Morgan fingerprint density at radius 2 is 1.66 bits per heavy atom. The highest BCUT2D eigenvalue weighted by atomic mass is 16.2. The molecule has 0 spiro atoms. The molecule has 0 unspecified atom stereocenters. The van der Waals surface area contributed by atoms with Crippen LogP contribution in [0.4, 0.5) is 11.5 Å². The minimum absolute atomic E-state index is 0.00808. The Balaban J connectivity index is 1.38. The molecule has 9 heteroatoms. The van der Waals surface area contributed by atoms with Gasteiger partial charge in [-0.2, -0.15) is 0 Å². The van der Waals surface area contributed by atoms with Gasteiger partial charge in [0.1, 0.15) is 5.82 Å². The predicted octanol–water partition coefficient (Wildman–Crippen LogP) is 5.20. The van der Waals surface area contributed by atoms with Gasteiger partial charge in [-0.25, -0.2) is 15.0 Å². The molecule has 2 amide bonds. The summed E-state index contributed by atoms with van der Waals surface area (Å²) in [6, 6.07) is 10.7. The molecule has 0 saturated heterocycles. The third kappa shape index (κ3) is 5.72. The highest BCUT2D eigenvalue weighted by Crippen LogP contribution is 2.31. The molecule has 0 radical (unpaired) electrons. The number of nitrogens with one attached hydrogen (secondary N) is 2. The van der Waals surface area contributed by atoms with Crippen molar-refractivity contribution in [3.63, 3.8) is 0 Å². The van der Waals surface area contributed by atoms with Gasteiger partial charge in [-0.1, -0.05) is 20.8 Å². The first-order chi connectivity index (χ1) is 18.2. The van der Waals surface area contributed by atoms with Crippen LogP contribution >= 0.6 is 0 Å². The molecule has 0 aliphatic heterocycles. The number of anilines is 2. The second-order valence-electron chi connectivity index (χ2n) is 10.4. The molecule has 1 fully saturated rings. The maximum atomic E-state index is 13.0. The van der Waals surface area contributed by atoms with Gasteiger partial charge in [-0.05, 0) is 56.2 Å². The summed E-state index contributed by atoms with van der Waals surface area (Å²) >= 11 is 0.